The molecule has 2 aliphatic rings. The number of nitrogens with zero attached hydrogens (tertiary/aromatic N) is 4. The molecule has 4 aromatic rings. The van der Waals surface area contributed by atoms with Crippen molar-refractivity contribution in [2.45, 2.75) is 38.8 Å². The lowest BCUT2D eigenvalue weighted by Gasteiger charge is -2.22. The number of amides is 1. The van der Waals surface area contributed by atoms with Gasteiger partial charge in [0.1, 0.15) is 11.3 Å². The maximum Gasteiger partial charge on any atom is 0.274 e. The molecule has 4 heterocycles. The van der Waals surface area contributed by atoms with Crippen LogP contribution in [-0.4, -0.2) is 38.4 Å². The summed E-state index contributed by atoms with van der Waals surface area (Å²) in [5, 5.41) is 9.42. The Balaban J connectivity index is 0.00000253. The molecule has 2 aliphatic heterocycles. The predicted octanol–water partition coefficient (Wildman–Crippen LogP) is 3.83. The highest BCUT2D eigenvalue weighted by atomic mass is 35.5. The number of halogens is 1. The van der Waals surface area contributed by atoms with Gasteiger partial charge < -0.3 is 14.6 Å². The first-order chi connectivity index (χ1) is 16.5. The number of fused-ring (bicyclic) bond motifs is 4. The minimum atomic E-state index is -0.229. The molecule has 0 aliphatic carbocycles. The van der Waals surface area contributed by atoms with Crippen LogP contribution in [0, 0.1) is 18.3 Å². The molecule has 35 heavy (non-hydrogen) atoms. The molecule has 1 saturated heterocycles. The first-order valence-corrected chi connectivity index (χ1v) is 11.5. The molecule has 1 amide bonds. The van der Waals surface area contributed by atoms with Crippen LogP contribution in [0.2, 0.25) is 0 Å². The number of rotatable bonds is 2. The Hall–Kier alpha value is -3.67. The van der Waals surface area contributed by atoms with E-state index in [4.69, 9.17) is 4.74 Å². The highest BCUT2D eigenvalue weighted by molar-refractivity contribution is 5.99. The second-order valence-electron chi connectivity index (χ2n) is 9.08. The lowest BCUT2D eigenvalue weighted by Crippen LogP contribution is -2.26. The van der Waals surface area contributed by atoms with Crippen LogP contribution in [0.1, 0.15) is 57.2 Å². The Morgan fingerprint density at radius 2 is 2.00 bits per heavy atom. The van der Waals surface area contributed by atoms with Crippen molar-refractivity contribution in [3.05, 3.63) is 80.5 Å². The standard InChI is InChI=1S/C26H23N5O3.ClH/c1-15-9-22-21(29-25(32)23-12-28-24(31(22)23)16-5-7-34-8-6-16)10-19(15)26(33)30-13-18-4-2-3-17(11-27)20(18)14-30;/h2-4,9-10,12,16H,5-8,13-14H2,1H3,(H,29,32);1H. The van der Waals surface area contributed by atoms with Crippen LogP contribution in [0.3, 0.4) is 0 Å². The summed E-state index contributed by atoms with van der Waals surface area (Å²) in [5.74, 6) is 0.975. The number of carbonyl (C=O) groups excluding carboxylic acids is 1. The molecule has 8 nitrogen and oxygen atoms in total. The lowest BCUT2D eigenvalue weighted by molar-refractivity contribution is 0.0750. The molecule has 2 aromatic heterocycles. The third-order valence-corrected chi connectivity index (χ3v) is 7.06. The summed E-state index contributed by atoms with van der Waals surface area (Å²) >= 11 is 0. The van der Waals surface area contributed by atoms with E-state index in [1.165, 1.54) is 0 Å². The van der Waals surface area contributed by atoms with E-state index in [-0.39, 0.29) is 29.8 Å². The molecule has 0 bridgehead atoms. The molecule has 1 N–H and O–H groups in total. The minimum absolute atomic E-state index is 0. The second-order valence-corrected chi connectivity index (χ2v) is 9.08. The average molecular weight is 490 g/mol. The normalized spacial score (nSPS) is 15.7. The van der Waals surface area contributed by atoms with Gasteiger partial charge in [0, 0.05) is 37.8 Å². The van der Waals surface area contributed by atoms with Gasteiger partial charge in [-0.1, -0.05) is 12.1 Å². The van der Waals surface area contributed by atoms with Gasteiger partial charge in [0.25, 0.3) is 11.5 Å². The van der Waals surface area contributed by atoms with Gasteiger partial charge in [-0.15, -0.1) is 12.4 Å². The van der Waals surface area contributed by atoms with E-state index < -0.39 is 0 Å². The number of aryl methyl sites for hydroxylation is 1. The number of aromatic nitrogens is 3. The van der Waals surface area contributed by atoms with E-state index in [2.05, 4.69) is 16.0 Å². The summed E-state index contributed by atoms with van der Waals surface area (Å²) in [6, 6.07) is 11.5. The maximum atomic E-state index is 13.5. The van der Waals surface area contributed by atoms with Gasteiger partial charge in [-0.05, 0) is 54.7 Å². The Bertz CT molecular complexity index is 1580. The first-order valence-electron chi connectivity index (χ1n) is 11.5. The largest absolute Gasteiger partial charge is 0.381 e. The first kappa shape index (κ1) is 23.1. The van der Waals surface area contributed by atoms with E-state index in [1.807, 2.05) is 29.5 Å². The lowest BCUT2D eigenvalue weighted by atomic mass is 9.99. The Morgan fingerprint density at radius 3 is 2.77 bits per heavy atom. The zero-order chi connectivity index (χ0) is 23.4. The summed E-state index contributed by atoms with van der Waals surface area (Å²) in [5.41, 5.74) is 5.60. The molecular weight excluding hydrogens is 466 g/mol. The third-order valence-electron chi connectivity index (χ3n) is 7.06. The fourth-order valence-electron chi connectivity index (χ4n) is 5.26. The zero-order valence-corrected chi connectivity index (χ0v) is 20.0. The molecule has 2 aromatic carbocycles. The van der Waals surface area contributed by atoms with Crippen LogP contribution < -0.4 is 5.56 Å². The number of aromatic amines is 1. The molecule has 9 heteroatoms. The van der Waals surface area contributed by atoms with Crippen molar-refractivity contribution < 1.29 is 9.53 Å². The quantitative estimate of drug-likeness (QED) is 0.461. The van der Waals surface area contributed by atoms with E-state index in [1.54, 1.807) is 23.2 Å². The van der Waals surface area contributed by atoms with Crippen LogP contribution in [0.5, 0.6) is 0 Å². The highest BCUT2D eigenvalue weighted by Gasteiger charge is 2.28. The Labute approximate surface area is 207 Å². The summed E-state index contributed by atoms with van der Waals surface area (Å²) in [4.78, 5) is 35.7. The number of nitrogens with one attached hydrogen (secondary N) is 1. The van der Waals surface area contributed by atoms with Gasteiger partial charge in [0.15, 0.2) is 0 Å². The van der Waals surface area contributed by atoms with Crippen LogP contribution in [0.25, 0.3) is 16.6 Å². The van der Waals surface area contributed by atoms with Crippen molar-refractivity contribution in [3.8, 4) is 6.07 Å². The molecule has 0 spiro atoms. The molecule has 0 unspecified atom stereocenters. The fraction of sp³-hybridized carbons (Fsp3) is 0.308. The van der Waals surface area contributed by atoms with E-state index in [9.17, 15) is 14.9 Å². The zero-order valence-electron chi connectivity index (χ0n) is 19.2. The van der Waals surface area contributed by atoms with Gasteiger partial charge in [0.05, 0.1) is 28.9 Å². The summed E-state index contributed by atoms with van der Waals surface area (Å²) in [7, 11) is 0. The van der Waals surface area contributed by atoms with Crippen LogP contribution in [0.4, 0.5) is 0 Å². The smallest absolute Gasteiger partial charge is 0.274 e. The SMILES string of the molecule is Cc1cc2c(cc1C(=O)N1Cc3cccc(C#N)c3C1)[nH]c(=O)c1cnc(C3CCOCC3)n12.Cl. The number of benzene rings is 2. The molecule has 1 fully saturated rings. The van der Waals surface area contributed by atoms with Gasteiger partial charge >= 0.3 is 0 Å². The second kappa shape index (κ2) is 8.84. The van der Waals surface area contributed by atoms with Gasteiger partial charge in [-0.2, -0.15) is 5.26 Å². The van der Waals surface area contributed by atoms with Crippen molar-refractivity contribution in [3.63, 3.8) is 0 Å². The maximum absolute atomic E-state index is 13.5. The van der Waals surface area contributed by atoms with Crippen LogP contribution >= 0.6 is 12.4 Å². The molecular formula is C26H24ClN5O3. The van der Waals surface area contributed by atoms with Gasteiger partial charge in [0.2, 0.25) is 0 Å². The minimum Gasteiger partial charge on any atom is -0.381 e. The van der Waals surface area contributed by atoms with Crippen molar-refractivity contribution >= 4 is 34.9 Å². The van der Waals surface area contributed by atoms with Crippen molar-refractivity contribution in [1.82, 2.24) is 19.3 Å². The van der Waals surface area contributed by atoms with Crippen molar-refractivity contribution in [1.29, 1.82) is 5.26 Å². The van der Waals surface area contributed by atoms with Crippen molar-refractivity contribution in [2.75, 3.05) is 13.2 Å². The van der Waals surface area contributed by atoms with Crippen molar-refractivity contribution in [2.24, 2.45) is 0 Å². The fourth-order valence-corrected chi connectivity index (χ4v) is 5.26. The number of nitriles is 1. The van der Waals surface area contributed by atoms with Crippen LogP contribution in [-0.2, 0) is 17.8 Å². The summed E-state index contributed by atoms with van der Waals surface area (Å²) in [6.07, 6.45) is 3.36. The molecule has 0 atom stereocenters. The monoisotopic (exact) mass is 489 g/mol. The average Bonchev–Trinajstić information content (AvgIpc) is 3.50. The molecule has 0 radical (unpaired) electrons. The Kier molecular flexibility index (Phi) is 5.83. The summed E-state index contributed by atoms with van der Waals surface area (Å²) < 4.78 is 7.44. The Morgan fingerprint density at radius 1 is 1.20 bits per heavy atom. The number of carbonyl (C=O) groups is 1. The molecule has 178 valence electrons. The van der Waals surface area contributed by atoms with Crippen LogP contribution in [0.15, 0.2) is 41.3 Å². The molecule has 6 rings (SSSR count). The highest BCUT2D eigenvalue weighted by Crippen LogP contribution is 2.31. The van der Waals surface area contributed by atoms with E-state index >= 15 is 0 Å². The van der Waals surface area contributed by atoms with E-state index in [0.717, 1.165) is 40.9 Å². The number of ether oxygens (including phenoxy) is 1. The predicted molar refractivity (Wildman–Crippen MR) is 133 cm³/mol. The molecule has 0 saturated carbocycles. The van der Waals surface area contributed by atoms with E-state index in [0.29, 0.717) is 48.5 Å². The number of imidazole rings is 1. The number of hydrogen-bond acceptors (Lipinski definition) is 5. The number of H-pyrrole nitrogens is 1. The van der Waals surface area contributed by atoms with Gasteiger partial charge in [-0.3, -0.25) is 14.0 Å². The number of hydrogen-bond donors (Lipinski definition) is 1. The van der Waals surface area contributed by atoms with Gasteiger partial charge in [-0.25, -0.2) is 4.98 Å². The summed E-state index contributed by atoms with van der Waals surface area (Å²) in [6.45, 7) is 4.15. The topological polar surface area (TPSA) is 103 Å². The third kappa shape index (κ3) is 3.68.